The van der Waals surface area contributed by atoms with E-state index in [0.29, 0.717) is 0 Å². The summed E-state index contributed by atoms with van der Waals surface area (Å²) in [6.07, 6.45) is -4.45. The summed E-state index contributed by atoms with van der Waals surface area (Å²) < 4.78 is 55.9. The third kappa shape index (κ3) is 3.50. The van der Waals surface area contributed by atoms with Crippen LogP contribution in [0.1, 0.15) is 15.9 Å². The fraction of sp³-hybridized carbons (Fsp3) is 0.0714. The fourth-order valence-electron chi connectivity index (χ4n) is 1.58. The normalized spacial score (nSPS) is 11.2. The molecule has 3 nitrogen and oxygen atoms in total. The third-order valence-corrected chi connectivity index (χ3v) is 2.63. The van der Waals surface area contributed by atoms with E-state index in [2.05, 4.69) is 0 Å². The van der Waals surface area contributed by atoms with Gasteiger partial charge in [-0.3, -0.25) is 4.79 Å². The van der Waals surface area contributed by atoms with Gasteiger partial charge in [0.25, 0.3) is 0 Å². The minimum Gasteiger partial charge on any atom is -0.454 e. The van der Waals surface area contributed by atoms with E-state index in [0.717, 1.165) is 30.3 Å². The van der Waals surface area contributed by atoms with Crippen LogP contribution < -0.4 is 10.5 Å². The zero-order valence-corrected chi connectivity index (χ0v) is 10.4. The number of nitrogens with two attached hydrogens (primary N) is 1. The maximum Gasteiger partial charge on any atom is 0.416 e. The first kappa shape index (κ1) is 14.8. The predicted molar refractivity (Wildman–Crippen MR) is 66.4 cm³/mol. The maximum absolute atomic E-state index is 13.7. The van der Waals surface area contributed by atoms with Gasteiger partial charge in [0.1, 0.15) is 5.75 Å². The molecule has 0 aromatic heterocycles. The number of carbonyl (C=O) groups is 1. The van der Waals surface area contributed by atoms with E-state index in [1.54, 1.807) is 0 Å². The second-order valence-corrected chi connectivity index (χ2v) is 4.13. The molecule has 0 aliphatic carbocycles. The van der Waals surface area contributed by atoms with Crippen LogP contribution in [0.25, 0.3) is 0 Å². The molecular formula is C14H9F4NO2. The highest BCUT2D eigenvalue weighted by molar-refractivity contribution is 5.92. The van der Waals surface area contributed by atoms with Crippen LogP contribution in [0, 0.1) is 5.82 Å². The van der Waals surface area contributed by atoms with E-state index < -0.39 is 23.5 Å². The largest absolute Gasteiger partial charge is 0.454 e. The highest BCUT2D eigenvalue weighted by Crippen LogP contribution is 2.32. The minimum atomic E-state index is -4.45. The number of carbonyl (C=O) groups excluding carboxylic acids is 1. The molecule has 0 aliphatic rings. The van der Waals surface area contributed by atoms with Gasteiger partial charge in [-0.05, 0) is 42.5 Å². The minimum absolute atomic E-state index is 0.0349. The Hall–Kier alpha value is -2.57. The molecule has 0 saturated carbocycles. The van der Waals surface area contributed by atoms with Gasteiger partial charge >= 0.3 is 6.18 Å². The summed E-state index contributed by atoms with van der Waals surface area (Å²) in [7, 11) is 0. The molecule has 2 aromatic rings. The molecule has 0 aliphatic heterocycles. The first-order valence-electron chi connectivity index (χ1n) is 5.72. The highest BCUT2D eigenvalue weighted by atomic mass is 19.4. The molecular weight excluding hydrogens is 290 g/mol. The molecule has 0 heterocycles. The van der Waals surface area contributed by atoms with Crippen molar-refractivity contribution in [2.45, 2.75) is 6.18 Å². The lowest BCUT2D eigenvalue weighted by Gasteiger charge is -2.10. The Morgan fingerprint density at radius 3 is 2.14 bits per heavy atom. The topological polar surface area (TPSA) is 52.3 Å². The van der Waals surface area contributed by atoms with Crippen molar-refractivity contribution in [3.8, 4) is 11.5 Å². The molecule has 0 fully saturated rings. The second-order valence-electron chi connectivity index (χ2n) is 4.13. The highest BCUT2D eigenvalue weighted by Gasteiger charge is 2.30. The number of halogens is 4. The van der Waals surface area contributed by atoms with Crippen molar-refractivity contribution in [3.63, 3.8) is 0 Å². The Labute approximate surface area is 116 Å². The zero-order chi connectivity index (χ0) is 15.6. The van der Waals surface area contributed by atoms with Crippen molar-refractivity contribution in [1.29, 1.82) is 0 Å². The summed E-state index contributed by atoms with van der Waals surface area (Å²) in [5.74, 6) is -1.82. The van der Waals surface area contributed by atoms with Gasteiger partial charge in [-0.25, -0.2) is 4.39 Å². The molecule has 0 atom stereocenters. The Morgan fingerprint density at radius 1 is 1.05 bits per heavy atom. The van der Waals surface area contributed by atoms with E-state index in [-0.39, 0.29) is 17.1 Å². The van der Waals surface area contributed by atoms with Crippen molar-refractivity contribution in [3.05, 3.63) is 59.4 Å². The molecule has 21 heavy (non-hydrogen) atoms. The van der Waals surface area contributed by atoms with Crippen molar-refractivity contribution in [1.82, 2.24) is 0 Å². The second kappa shape index (κ2) is 5.43. The number of alkyl halides is 3. The van der Waals surface area contributed by atoms with Crippen LogP contribution in [0.3, 0.4) is 0 Å². The molecule has 0 bridgehead atoms. The molecule has 2 N–H and O–H groups in total. The maximum atomic E-state index is 13.7. The van der Waals surface area contributed by atoms with Crippen molar-refractivity contribution in [2.24, 2.45) is 5.73 Å². The van der Waals surface area contributed by atoms with E-state index in [1.165, 1.54) is 12.1 Å². The number of ether oxygens (including phenoxy) is 1. The van der Waals surface area contributed by atoms with Crippen LogP contribution in [-0.4, -0.2) is 5.91 Å². The fourth-order valence-corrected chi connectivity index (χ4v) is 1.58. The quantitative estimate of drug-likeness (QED) is 0.878. The van der Waals surface area contributed by atoms with E-state index in [4.69, 9.17) is 10.5 Å². The summed E-state index contributed by atoms with van der Waals surface area (Å²) in [4.78, 5) is 10.9. The van der Waals surface area contributed by atoms with Gasteiger partial charge < -0.3 is 10.5 Å². The van der Waals surface area contributed by atoms with E-state index in [1.807, 2.05) is 0 Å². The molecule has 7 heteroatoms. The van der Waals surface area contributed by atoms with Crippen LogP contribution in [0.5, 0.6) is 11.5 Å². The summed E-state index contributed by atoms with van der Waals surface area (Å²) in [6.45, 7) is 0. The average Bonchev–Trinajstić information content (AvgIpc) is 2.40. The van der Waals surface area contributed by atoms with Crippen LogP contribution in [0.15, 0.2) is 42.5 Å². The van der Waals surface area contributed by atoms with Gasteiger partial charge in [-0.2, -0.15) is 13.2 Å². The molecule has 2 rings (SSSR count). The van der Waals surface area contributed by atoms with E-state index in [9.17, 15) is 22.4 Å². The molecule has 1 amide bonds. The lowest BCUT2D eigenvalue weighted by atomic mass is 10.2. The summed E-state index contributed by atoms with van der Waals surface area (Å²) in [5.41, 5.74) is 4.12. The number of benzene rings is 2. The van der Waals surface area contributed by atoms with Gasteiger partial charge in [0, 0.05) is 5.56 Å². The summed E-state index contributed by atoms with van der Waals surface area (Å²) in [6, 6.07) is 7.12. The first-order valence-corrected chi connectivity index (χ1v) is 5.72. The standard InChI is InChI=1S/C14H9F4NO2/c15-11-7-8(13(19)20)1-6-12(11)21-10-4-2-9(3-5-10)14(16,17)18/h1-7H,(H2,19,20). The van der Waals surface area contributed by atoms with Gasteiger partial charge in [-0.15, -0.1) is 0 Å². The van der Waals surface area contributed by atoms with Gasteiger partial charge in [0.15, 0.2) is 11.6 Å². The van der Waals surface area contributed by atoms with E-state index >= 15 is 0 Å². The SMILES string of the molecule is NC(=O)c1ccc(Oc2ccc(C(F)(F)F)cc2)c(F)c1. The Kier molecular flexibility index (Phi) is 3.84. The summed E-state index contributed by atoms with van der Waals surface area (Å²) in [5, 5.41) is 0. The van der Waals surface area contributed by atoms with Crippen molar-refractivity contribution >= 4 is 5.91 Å². The van der Waals surface area contributed by atoms with Gasteiger partial charge in [0.2, 0.25) is 5.91 Å². The smallest absolute Gasteiger partial charge is 0.416 e. The van der Waals surface area contributed by atoms with Crippen LogP contribution in [-0.2, 0) is 6.18 Å². The lowest BCUT2D eigenvalue weighted by Crippen LogP contribution is -2.11. The van der Waals surface area contributed by atoms with Crippen LogP contribution >= 0.6 is 0 Å². The van der Waals surface area contributed by atoms with Crippen molar-refractivity contribution < 1.29 is 27.1 Å². The van der Waals surface area contributed by atoms with Gasteiger partial charge in [0.05, 0.1) is 5.56 Å². The number of hydrogen-bond acceptors (Lipinski definition) is 2. The third-order valence-electron chi connectivity index (χ3n) is 2.63. The molecule has 0 saturated heterocycles. The molecule has 0 spiro atoms. The van der Waals surface area contributed by atoms with Crippen molar-refractivity contribution in [2.75, 3.05) is 0 Å². The van der Waals surface area contributed by atoms with Crippen LogP contribution in [0.4, 0.5) is 17.6 Å². The monoisotopic (exact) mass is 299 g/mol. The molecule has 0 radical (unpaired) electrons. The predicted octanol–water partition coefficient (Wildman–Crippen LogP) is 3.74. The Bertz CT molecular complexity index is 666. The Morgan fingerprint density at radius 2 is 1.67 bits per heavy atom. The first-order chi connectivity index (χ1) is 9.77. The lowest BCUT2D eigenvalue weighted by molar-refractivity contribution is -0.137. The Balaban J connectivity index is 2.20. The summed E-state index contributed by atoms with van der Waals surface area (Å²) >= 11 is 0. The van der Waals surface area contributed by atoms with Crippen LogP contribution in [0.2, 0.25) is 0 Å². The molecule has 0 unspecified atom stereocenters. The number of primary amides is 1. The average molecular weight is 299 g/mol. The number of rotatable bonds is 3. The molecule has 2 aromatic carbocycles. The number of amides is 1. The zero-order valence-electron chi connectivity index (χ0n) is 10.4. The number of hydrogen-bond donors (Lipinski definition) is 1. The van der Waals surface area contributed by atoms with Gasteiger partial charge in [-0.1, -0.05) is 0 Å². The molecule has 110 valence electrons.